The number of fused-ring (bicyclic) bond motifs is 1. The van der Waals surface area contributed by atoms with Gasteiger partial charge in [0.1, 0.15) is 5.38 Å². The molecule has 6 heteroatoms. The van der Waals surface area contributed by atoms with Gasteiger partial charge in [0.05, 0.1) is 0 Å². The Morgan fingerprint density at radius 1 is 0.900 bits per heavy atom. The van der Waals surface area contributed by atoms with E-state index in [1.54, 1.807) is 25.1 Å². The number of benzene rings is 2. The Labute approximate surface area is 117 Å². The van der Waals surface area contributed by atoms with E-state index < -0.39 is 17.5 Å². The zero-order chi connectivity index (χ0) is 15.1. The average Bonchev–Trinajstić information content (AvgIpc) is 2.37. The quantitative estimate of drug-likeness (QED) is 0.498. The summed E-state index contributed by atoms with van der Waals surface area (Å²) in [6.45, 7) is 1.75. The fourth-order valence-electron chi connectivity index (χ4n) is 2.03. The van der Waals surface area contributed by atoms with Crippen LogP contribution >= 0.6 is 11.6 Å². The Kier molecular flexibility index (Phi) is 3.67. The molecule has 0 aliphatic heterocycles. The van der Waals surface area contributed by atoms with Crippen LogP contribution in [0.25, 0.3) is 10.8 Å². The number of hydrogen-bond acceptors (Lipinski definition) is 0. The molecule has 0 saturated carbocycles. The van der Waals surface area contributed by atoms with E-state index in [2.05, 4.69) is 0 Å². The van der Waals surface area contributed by atoms with Gasteiger partial charge in [-0.25, -0.2) is 0 Å². The summed E-state index contributed by atoms with van der Waals surface area (Å²) < 4.78 is 64.0. The highest BCUT2D eigenvalue weighted by Crippen LogP contribution is 2.49. The number of halogens is 6. The zero-order valence-corrected chi connectivity index (χ0v) is 11.1. The van der Waals surface area contributed by atoms with E-state index >= 15 is 0 Å². The van der Waals surface area contributed by atoms with Crippen LogP contribution < -0.4 is 0 Å². The van der Waals surface area contributed by atoms with Crippen LogP contribution in [-0.4, -0.2) is 12.1 Å². The van der Waals surface area contributed by atoms with E-state index in [0.29, 0.717) is 10.8 Å². The lowest BCUT2D eigenvalue weighted by Crippen LogP contribution is -2.40. The minimum Gasteiger partial charge on any atom is -0.194 e. The van der Waals surface area contributed by atoms with Gasteiger partial charge in [0.25, 0.3) is 0 Å². The minimum atomic E-state index is -5.69. The maximum absolute atomic E-state index is 13.4. The Bertz CT molecular complexity index is 633. The molecule has 0 saturated heterocycles. The summed E-state index contributed by atoms with van der Waals surface area (Å²) in [5, 5.41) is -1.56. The molecule has 0 aromatic heterocycles. The molecule has 0 aliphatic rings. The average molecular weight is 309 g/mol. The maximum Gasteiger partial charge on any atom is 0.455 e. The highest BCUT2D eigenvalue weighted by atomic mass is 35.5. The molecule has 0 spiro atoms. The van der Waals surface area contributed by atoms with Crippen molar-refractivity contribution in [3.8, 4) is 0 Å². The highest BCUT2D eigenvalue weighted by Gasteiger charge is 2.62. The van der Waals surface area contributed by atoms with Crippen LogP contribution in [0.2, 0.25) is 0 Å². The normalized spacial score (nSPS) is 14.6. The van der Waals surface area contributed by atoms with E-state index in [-0.39, 0.29) is 5.56 Å². The number of hydrogen-bond donors (Lipinski definition) is 0. The molecule has 0 bridgehead atoms. The standard InChI is InChI=1S/C14H10ClF5/c1-8-6-7-11(10-5-3-2-4-9(8)10)12(15)13(16,17)14(18,19)20/h2-7,12H,1H3. The second kappa shape index (κ2) is 4.88. The van der Waals surface area contributed by atoms with E-state index in [1.807, 2.05) is 0 Å². The third-order valence-corrected chi connectivity index (χ3v) is 3.65. The van der Waals surface area contributed by atoms with Crippen LogP contribution in [0.4, 0.5) is 22.0 Å². The van der Waals surface area contributed by atoms with Gasteiger partial charge in [0.2, 0.25) is 0 Å². The molecule has 1 atom stereocenters. The van der Waals surface area contributed by atoms with Gasteiger partial charge in [-0.3, -0.25) is 0 Å². The Hall–Kier alpha value is -1.36. The molecule has 2 rings (SSSR count). The van der Waals surface area contributed by atoms with Gasteiger partial charge in [-0.2, -0.15) is 22.0 Å². The summed E-state index contributed by atoms with van der Waals surface area (Å²) in [5.41, 5.74) is 0.554. The van der Waals surface area contributed by atoms with Crippen LogP contribution in [0.3, 0.4) is 0 Å². The minimum absolute atomic E-state index is 0.227. The van der Waals surface area contributed by atoms with Gasteiger partial charge in [-0.15, -0.1) is 11.6 Å². The van der Waals surface area contributed by atoms with Crippen molar-refractivity contribution in [2.24, 2.45) is 0 Å². The van der Waals surface area contributed by atoms with Gasteiger partial charge in [-0.05, 0) is 28.8 Å². The van der Waals surface area contributed by atoms with Crippen LogP contribution in [0, 0.1) is 6.92 Å². The van der Waals surface area contributed by atoms with E-state index in [4.69, 9.17) is 11.6 Å². The lowest BCUT2D eigenvalue weighted by atomic mass is 9.96. The maximum atomic E-state index is 13.4. The predicted octanol–water partition coefficient (Wildman–Crippen LogP) is 5.63. The monoisotopic (exact) mass is 308 g/mol. The van der Waals surface area contributed by atoms with Crippen LogP contribution in [0.15, 0.2) is 36.4 Å². The second-order valence-electron chi connectivity index (χ2n) is 4.50. The fourth-order valence-corrected chi connectivity index (χ4v) is 2.35. The van der Waals surface area contributed by atoms with Gasteiger partial charge in [-0.1, -0.05) is 36.4 Å². The first-order valence-corrected chi connectivity index (χ1v) is 6.16. The van der Waals surface area contributed by atoms with Crippen molar-refractivity contribution in [2.75, 3.05) is 0 Å². The van der Waals surface area contributed by atoms with Crippen LogP contribution in [-0.2, 0) is 0 Å². The third-order valence-electron chi connectivity index (χ3n) is 3.15. The molecule has 0 nitrogen and oxygen atoms in total. The molecule has 0 heterocycles. The summed E-state index contributed by atoms with van der Waals surface area (Å²) in [7, 11) is 0. The molecule has 2 aromatic rings. The molecule has 20 heavy (non-hydrogen) atoms. The molecule has 0 aliphatic carbocycles. The van der Waals surface area contributed by atoms with Crippen LogP contribution in [0.1, 0.15) is 16.5 Å². The number of aryl methyl sites for hydroxylation is 1. The van der Waals surface area contributed by atoms with Crippen molar-refractivity contribution < 1.29 is 22.0 Å². The molecular weight excluding hydrogens is 299 g/mol. The fraction of sp³-hybridized carbons (Fsp3) is 0.286. The van der Waals surface area contributed by atoms with E-state index in [1.165, 1.54) is 18.2 Å². The Morgan fingerprint density at radius 2 is 1.45 bits per heavy atom. The summed E-state index contributed by atoms with van der Waals surface area (Å²) in [4.78, 5) is 0. The molecule has 0 fully saturated rings. The highest BCUT2D eigenvalue weighted by molar-refractivity contribution is 6.22. The Balaban J connectivity index is 2.62. The van der Waals surface area contributed by atoms with Gasteiger partial charge >= 0.3 is 12.1 Å². The summed E-state index contributed by atoms with van der Waals surface area (Å²) >= 11 is 5.44. The number of rotatable bonds is 2. The lowest BCUT2D eigenvalue weighted by Gasteiger charge is -2.25. The topological polar surface area (TPSA) is 0 Å². The Morgan fingerprint density at radius 3 is 2.00 bits per heavy atom. The number of alkyl halides is 6. The summed E-state index contributed by atoms with van der Waals surface area (Å²) in [6, 6.07) is 9.10. The molecule has 0 radical (unpaired) electrons. The second-order valence-corrected chi connectivity index (χ2v) is 4.94. The molecule has 0 amide bonds. The summed E-state index contributed by atoms with van der Waals surface area (Å²) in [6.07, 6.45) is -5.69. The van der Waals surface area contributed by atoms with Crippen molar-refractivity contribution in [3.63, 3.8) is 0 Å². The lowest BCUT2D eigenvalue weighted by molar-refractivity contribution is -0.283. The molecular formula is C14H10ClF5. The van der Waals surface area contributed by atoms with E-state index in [9.17, 15) is 22.0 Å². The molecule has 108 valence electrons. The molecule has 1 unspecified atom stereocenters. The van der Waals surface area contributed by atoms with Crippen molar-refractivity contribution in [1.29, 1.82) is 0 Å². The zero-order valence-electron chi connectivity index (χ0n) is 10.3. The van der Waals surface area contributed by atoms with E-state index in [0.717, 1.165) is 5.56 Å². The predicted molar refractivity (Wildman–Crippen MR) is 68.3 cm³/mol. The van der Waals surface area contributed by atoms with Crippen molar-refractivity contribution in [2.45, 2.75) is 24.4 Å². The summed E-state index contributed by atoms with van der Waals surface area (Å²) in [5.74, 6) is -4.99. The van der Waals surface area contributed by atoms with Gasteiger partial charge < -0.3 is 0 Å². The van der Waals surface area contributed by atoms with Crippen molar-refractivity contribution >= 4 is 22.4 Å². The smallest absolute Gasteiger partial charge is 0.194 e. The SMILES string of the molecule is Cc1ccc(C(Cl)C(F)(F)C(F)(F)F)c2ccccc12. The first-order chi connectivity index (χ1) is 9.16. The van der Waals surface area contributed by atoms with Gasteiger partial charge in [0.15, 0.2) is 0 Å². The molecule has 0 N–H and O–H groups in total. The van der Waals surface area contributed by atoms with Gasteiger partial charge in [0, 0.05) is 0 Å². The van der Waals surface area contributed by atoms with Crippen LogP contribution in [0.5, 0.6) is 0 Å². The largest absolute Gasteiger partial charge is 0.455 e. The van der Waals surface area contributed by atoms with Crippen molar-refractivity contribution in [3.05, 3.63) is 47.5 Å². The molecule has 2 aromatic carbocycles. The third kappa shape index (κ3) is 2.35. The first-order valence-electron chi connectivity index (χ1n) is 5.73. The first kappa shape index (κ1) is 15.0. The van der Waals surface area contributed by atoms with Crippen molar-refractivity contribution in [1.82, 2.24) is 0 Å².